The zero-order valence-electron chi connectivity index (χ0n) is 12.7. The number of carbonyl (C=O) groups is 1. The highest BCUT2D eigenvalue weighted by Gasteiger charge is 2.19. The molecular formula is C15H21F2NO3. The molecule has 0 spiro atoms. The van der Waals surface area contributed by atoms with Gasteiger partial charge in [-0.25, -0.2) is 4.79 Å². The van der Waals surface area contributed by atoms with Gasteiger partial charge >= 0.3 is 12.7 Å². The third kappa shape index (κ3) is 6.42. The third-order valence-corrected chi connectivity index (χ3v) is 2.61. The SMILES string of the molecule is CC[C@@H](NC(=O)OC(C)(C)C)c1ccc(OC(F)F)cc1. The number of ether oxygens (including phenoxy) is 2. The van der Waals surface area contributed by atoms with E-state index in [1.54, 1.807) is 32.9 Å². The number of nitrogens with one attached hydrogen (secondary N) is 1. The number of hydrogen-bond acceptors (Lipinski definition) is 3. The molecule has 1 N–H and O–H groups in total. The molecule has 4 nitrogen and oxygen atoms in total. The Bertz CT molecular complexity index is 455. The van der Waals surface area contributed by atoms with Crippen LogP contribution in [0.5, 0.6) is 5.75 Å². The number of rotatable bonds is 5. The van der Waals surface area contributed by atoms with Crippen molar-refractivity contribution in [2.75, 3.05) is 0 Å². The molecule has 0 bridgehead atoms. The number of halogens is 2. The second-order valence-corrected chi connectivity index (χ2v) is 5.55. The fourth-order valence-electron chi connectivity index (χ4n) is 1.75. The first-order valence-electron chi connectivity index (χ1n) is 6.75. The highest BCUT2D eigenvalue weighted by molar-refractivity contribution is 5.68. The number of alkyl carbamates (subject to hydrolysis) is 1. The van der Waals surface area contributed by atoms with E-state index in [2.05, 4.69) is 10.1 Å². The van der Waals surface area contributed by atoms with Gasteiger partial charge in [0.05, 0.1) is 6.04 Å². The molecule has 0 saturated heterocycles. The summed E-state index contributed by atoms with van der Waals surface area (Å²) < 4.78 is 33.6. The Balaban J connectivity index is 2.69. The summed E-state index contributed by atoms with van der Waals surface area (Å²) in [5.74, 6) is 0.0841. The van der Waals surface area contributed by atoms with E-state index in [1.165, 1.54) is 12.1 Å². The van der Waals surface area contributed by atoms with Crippen LogP contribution < -0.4 is 10.1 Å². The lowest BCUT2D eigenvalue weighted by atomic mass is 10.0. The van der Waals surface area contributed by atoms with Gasteiger partial charge in [-0.2, -0.15) is 8.78 Å². The predicted octanol–water partition coefficient (Wildman–Crippen LogP) is 4.26. The summed E-state index contributed by atoms with van der Waals surface area (Å²) in [6.45, 7) is 4.40. The molecule has 0 radical (unpaired) electrons. The van der Waals surface area contributed by atoms with Crippen LogP contribution in [-0.2, 0) is 4.74 Å². The van der Waals surface area contributed by atoms with Crippen molar-refractivity contribution in [1.29, 1.82) is 0 Å². The Morgan fingerprint density at radius 1 is 1.24 bits per heavy atom. The zero-order chi connectivity index (χ0) is 16.0. The molecule has 1 rings (SSSR count). The largest absolute Gasteiger partial charge is 0.444 e. The number of amides is 1. The molecule has 1 amide bonds. The molecule has 21 heavy (non-hydrogen) atoms. The molecule has 0 aliphatic carbocycles. The molecule has 0 saturated carbocycles. The Kier molecular flexibility index (Phi) is 5.93. The van der Waals surface area contributed by atoms with E-state index in [0.29, 0.717) is 6.42 Å². The molecule has 1 atom stereocenters. The predicted molar refractivity (Wildman–Crippen MR) is 75.5 cm³/mol. The summed E-state index contributed by atoms with van der Waals surface area (Å²) in [4.78, 5) is 11.8. The fraction of sp³-hybridized carbons (Fsp3) is 0.533. The molecule has 1 aromatic carbocycles. The highest BCUT2D eigenvalue weighted by Crippen LogP contribution is 2.22. The monoisotopic (exact) mass is 301 g/mol. The van der Waals surface area contributed by atoms with Gasteiger partial charge in [0.2, 0.25) is 0 Å². The van der Waals surface area contributed by atoms with Gasteiger partial charge in [-0.1, -0.05) is 19.1 Å². The first-order valence-corrected chi connectivity index (χ1v) is 6.75. The van der Waals surface area contributed by atoms with Gasteiger partial charge < -0.3 is 14.8 Å². The van der Waals surface area contributed by atoms with Crippen molar-refractivity contribution in [2.24, 2.45) is 0 Å². The van der Waals surface area contributed by atoms with Crippen LogP contribution in [0.2, 0.25) is 0 Å². The third-order valence-electron chi connectivity index (χ3n) is 2.61. The molecular weight excluding hydrogens is 280 g/mol. The van der Waals surface area contributed by atoms with Crippen molar-refractivity contribution in [1.82, 2.24) is 5.32 Å². The molecule has 0 fully saturated rings. The van der Waals surface area contributed by atoms with Gasteiger partial charge in [0.1, 0.15) is 11.4 Å². The van der Waals surface area contributed by atoms with Crippen molar-refractivity contribution in [2.45, 2.75) is 52.4 Å². The highest BCUT2D eigenvalue weighted by atomic mass is 19.3. The van der Waals surface area contributed by atoms with Crippen LogP contribution in [0.25, 0.3) is 0 Å². The minimum Gasteiger partial charge on any atom is -0.444 e. The molecule has 0 unspecified atom stereocenters. The van der Waals surface area contributed by atoms with Crippen LogP contribution in [0.4, 0.5) is 13.6 Å². The molecule has 0 aliphatic rings. The van der Waals surface area contributed by atoms with E-state index >= 15 is 0 Å². The summed E-state index contributed by atoms with van der Waals surface area (Å²) in [6.07, 6.45) is 0.135. The maximum absolute atomic E-state index is 12.1. The van der Waals surface area contributed by atoms with Gasteiger partial charge in [-0.3, -0.25) is 0 Å². The fourth-order valence-corrected chi connectivity index (χ4v) is 1.75. The van der Waals surface area contributed by atoms with Crippen molar-refractivity contribution in [3.8, 4) is 5.75 Å². The molecule has 1 aromatic rings. The Morgan fingerprint density at radius 3 is 2.24 bits per heavy atom. The first-order chi connectivity index (χ1) is 9.71. The average Bonchev–Trinajstić information content (AvgIpc) is 2.34. The smallest absolute Gasteiger partial charge is 0.408 e. The zero-order valence-corrected chi connectivity index (χ0v) is 12.7. The normalized spacial score (nSPS) is 12.9. The Hall–Kier alpha value is -1.85. The van der Waals surface area contributed by atoms with Crippen molar-refractivity contribution < 1.29 is 23.0 Å². The van der Waals surface area contributed by atoms with Gasteiger partial charge in [0, 0.05) is 0 Å². The average molecular weight is 301 g/mol. The quantitative estimate of drug-likeness (QED) is 0.883. The maximum atomic E-state index is 12.1. The van der Waals surface area contributed by atoms with E-state index in [1.807, 2.05) is 6.92 Å². The van der Waals surface area contributed by atoms with Gasteiger partial charge in [0.25, 0.3) is 0 Å². The number of carbonyl (C=O) groups excluding carboxylic acids is 1. The summed E-state index contributed by atoms with van der Waals surface area (Å²) in [6, 6.07) is 5.93. The van der Waals surface area contributed by atoms with Crippen LogP contribution in [-0.4, -0.2) is 18.3 Å². The molecule has 6 heteroatoms. The maximum Gasteiger partial charge on any atom is 0.408 e. The topological polar surface area (TPSA) is 47.6 Å². The minimum atomic E-state index is -2.85. The number of hydrogen-bond donors (Lipinski definition) is 1. The second-order valence-electron chi connectivity index (χ2n) is 5.55. The lowest BCUT2D eigenvalue weighted by Crippen LogP contribution is -2.34. The van der Waals surface area contributed by atoms with Crippen LogP contribution in [0.15, 0.2) is 24.3 Å². The van der Waals surface area contributed by atoms with E-state index in [4.69, 9.17) is 4.74 Å². The number of alkyl halides is 2. The van der Waals surface area contributed by atoms with Crippen molar-refractivity contribution in [3.63, 3.8) is 0 Å². The van der Waals surface area contributed by atoms with Gasteiger partial charge in [-0.15, -0.1) is 0 Å². The van der Waals surface area contributed by atoms with E-state index in [0.717, 1.165) is 5.56 Å². The van der Waals surface area contributed by atoms with Crippen LogP contribution in [0, 0.1) is 0 Å². The second kappa shape index (κ2) is 7.24. The molecule has 0 aliphatic heterocycles. The molecule has 0 heterocycles. The lowest BCUT2D eigenvalue weighted by Gasteiger charge is -2.23. The summed E-state index contributed by atoms with van der Waals surface area (Å²) in [7, 11) is 0. The summed E-state index contributed by atoms with van der Waals surface area (Å²) in [5, 5.41) is 2.75. The van der Waals surface area contributed by atoms with E-state index in [-0.39, 0.29) is 11.8 Å². The van der Waals surface area contributed by atoms with Crippen molar-refractivity contribution >= 4 is 6.09 Å². The standard InChI is InChI=1S/C15H21F2NO3/c1-5-12(18-14(19)21-15(2,3)4)10-6-8-11(9-7-10)20-13(16)17/h6-9,12-13H,5H2,1-4H3,(H,18,19)/t12-/m1/s1. The van der Waals surface area contributed by atoms with Crippen molar-refractivity contribution in [3.05, 3.63) is 29.8 Å². The van der Waals surface area contributed by atoms with Crippen LogP contribution >= 0.6 is 0 Å². The lowest BCUT2D eigenvalue weighted by molar-refractivity contribution is -0.0498. The Morgan fingerprint density at radius 2 is 1.81 bits per heavy atom. The van der Waals surface area contributed by atoms with E-state index in [9.17, 15) is 13.6 Å². The van der Waals surface area contributed by atoms with E-state index < -0.39 is 18.3 Å². The molecule has 0 aromatic heterocycles. The summed E-state index contributed by atoms with van der Waals surface area (Å²) >= 11 is 0. The minimum absolute atomic E-state index is 0.0841. The number of benzene rings is 1. The first kappa shape index (κ1) is 17.2. The summed E-state index contributed by atoms with van der Waals surface area (Å²) in [5.41, 5.74) is 0.224. The van der Waals surface area contributed by atoms with Gasteiger partial charge in [-0.05, 0) is 44.9 Å². The van der Waals surface area contributed by atoms with Gasteiger partial charge in [0.15, 0.2) is 0 Å². The van der Waals surface area contributed by atoms with Crippen LogP contribution in [0.3, 0.4) is 0 Å². The molecule has 118 valence electrons. The van der Waals surface area contributed by atoms with Crippen LogP contribution in [0.1, 0.15) is 45.7 Å². The Labute approximate surface area is 123 Å².